The maximum absolute atomic E-state index is 14.3. The lowest BCUT2D eigenvalue weighted by atomic mass is 10.2. The molecule has 1 aromatic carbocycles. The van der Waals surface area contributed by atoms with Gasteiger partial charge in [0.25, 0.3) is 5.95 Å². The van der Waals surface area contributed by atoms with Crippen molar-refractivity contribution in [3.8, 4) is 23.1 Å². The standard InChI is InChI=1S/C24H25FN8O2/c1-31(2)18-11-17(12-19(34)13-18)28-16-3-4-21(26-14-16)22-5-6-33(30-22)24-27-15-20(25)23(29-24)32-7-9-35-10-8-32/h3-6,11-15,28,34H,7-10H2,1-2H3. The Bertz CT molecular complexity index is 1320. The Morgan fingerprint density at radius 1 is 1.00 bits per heavy atom. The summed E-state index contributed by atoms with van der Waals surface area (Å²) in [5.41, 5.74) is 3.68. The molecule has 4 aromatic rings. The van der Waals surface area contributed by atoms with Crippen LogP contribution in [0.15, 0.2) is 55.0 Å². The summed E-state index contributed by atoms with van der Waals surface area (Å²) < 4.78 is 21.2. The SMILES string of the molecule is CN(C)c1cc(O)cc(Nc2ccc(-c3ccn(-c4ncc(F)c(N5CCOCC5)n4)n3)nc2)c1. The molecule has 2 N–H and O–H groups in total. The van der Waals surface area contributed by atoms with E-state index in [1.165, 1.54) is 4.68 Å². The number of nitrogens with one attached hydrogen (secondary N) is 1. The average molecular weight is 477 g/mol. The average Bonchev–Trinajstić information content (AvgIpc) is 3.35. The summed E-state index contributed by atoms with van der Waals surface area (Å²) in [5.74, 6) is 0.220. The second kappa shape index (κ2) is 9.55. The van der Waals surface area contributed by atoms with Crippen LogP contribution in [-0.4, -0.2) is 70.2 Å². The summed E-state index contributed by atoms with van der Waals surface area (Å²) in [7, 11) is 3.82. The van der Waals surface area contributed by atoms with Gasteiger partial charge in [0.2, 0.25) is 0 Å². The minimum atomic E-state index is -0.475. The second-order valence-electron chi connectivity index (χ2n) is 8.28. The predicted molar refractivity (Wildman–Crippen MR) is 131 cm³/mol. The van der Waals surface area contributed by atoms with Crippen molar-refractivity contribution in [1.29, 1.82) is 0 Å². The Kier molecular flexibility index (Phi) is 6.15. The maximum atomic E-state index is 14.3. The third-order valence-corrected chi connectivity index (χ3v) is 5.55. The van der Waals surface area contributed by atoms with Gasteiger partial charge in [-0.1, -0.05) is 0 Å². The lowest BCUT2D eigenvalue weighted by molar-refractivity contribution is 0.122. The van der Waals surface area contributed by atoms with Crippen LogP contribution < -0.4 is 15.1 Å². The molecule has 0 spiro atoms. The summed E-state index contributed by atoms with van der Waals surface area (Å²) in [5, 5.41) is 17.8. The highest BCUT2D eigenvalue weighted by Crippen LogP contribution is 2.28. The van der Waals surface area contributed by atoms with Crippen LogP contribution in [0, 0.1) is 5.82 Å². The van der Waals surface area contributed by atoms with Crippen LogP contribution in [0.1, 0.15) is 0 Å². The number of phenolic OH excluding ortho intramolecular Hbond substituents is 1. The minimum Gasteiger partial charge on any atom is -0.508 e. The van der Waals surface area contributed by atoms with Gasteiger partial charge in [0.05, 0.1) is 37.0 Å². The third-order valence-electron chi connectivity index (χ3n) is 5.55. The van der Waals surface area contributed by atoms with Crippen LogP contribution in [0.25, 0.3) is 17.3 Å². The molecule has 1 saturated heterocycles. The Morgan fingerprint density at radius 3 is 2.57 bits per heavy atom. The van der Waals surface area contributed by atoms with Gasteiger partial charge >= 0.3 is 0 Å². The van der Waals surface area contributed by atoms with Gasteiger partial charge in [0.1, 0.15) is 11.4 Å². The molecule has 10 nitrogen and oxygen atoms in total. The van der Waals surface area contributed by atoms with E-state index in [1.807, 2.05) is 42.1 Å². The lowest BCUT2D eigenvalue weighted by Crippen LogP contribution is -2.37. The first kappa shape index (κ1) is 22.5. The van der Waals surface area contributed by atoms with Gasteiger partial charge in [-0.25, -0.2) is 14.1 Å². The zero-order valence-corrected chi connectivity index (χ0v) is 19.4. The van der Waals surface area contributed by atoms with Crippen molar-refractivity contribution in [2.75, 3.05) is 55.5 Å². The predicted octanol–water partition coefficient (Wildman–Crippen LogP) is 3.22. The number of aromatic nitrogens is 5. The number of pyridine rings is 1. The topological polar surface area (TPSA) is 104 Å². The molecule has 4 heterocycles. The highest BCUT2D eigenvalue weighted by molar-refractivity contribution is 5.68. The molecule has 0 aliphatic carbocycles. The van der Waals surface area contributed by atoms with E-state index in [2.05, 4.69) is 25.4 Å². The maximum Gasteiger partial charge on any atom is 0.252 e. The Morgan fingerprint density at radius 2 is 1.83 bits per heavy atom. The molecule has 5 rings (SSSR count). The van der Waals surface area contributed by atoms with Gasteiger partial charge < -0.3 is 25.0 Å². The van der Waals surface area contributed by atoms with Crippen molar-refractivity contribution in [2.24, 2.45) is 0 Å². The van der Waals surface area contributed by atoms with E-state index in [9.17, 15) is 9.50 Å². The normalized spacial score (nSPS) is 13.6. The molecular formula is C24H25FN8O2. The van der Waals surface area contributed by atoms with E-state index in [-0.39, 0.29) is 17.5 Å². The number of benzene rings is 1. The third kappa shape index (κ3) is 4.99. The van der Waals surface area contributed by atoms with Gasteiger partial charge in [-0.2, -0.15) is 10.1 Å². The molecule has 0 bridgehead atoms. The molecule has 0 unspecified atom stereocenters. The number of hydrogen-bond acceptors (Lipinski definition) is 9. The number of hydrogen-bond donors (Lipinski definition) is 2. The lowest BCUT2D eigenvalue weighted by Gasteiger charge is -2.27. The number of anilines is 4. The largest absolute Gasteiger partial charge is 0.508 e. The molecule has 0 atom stereocenters. The molecule has 11 heteroatoms. The van der Waals surface area contributed by atoms with E-state index in [4.69, 9.17) is 4.74 Å². The number of halogens is 1. The van der Waals surface area contributed by atoms with Crippen LogP contribution in [-0.2, 0) is 4.74 Å². The van der Waals surface area contributed by atoms with Crippen LogP contribution in [0.3, 0.4) is 0 Å². The molecule has 0 amide bonds. The van der Waals surface area contributed by atoms with Crippen molar-refractivity contribution in [1.82, 2.24) is 24.7 Å². The van der Waals surface area contributed by atoms with Crippen molar-refractivity contribution in [3.05, 3.63) is 60.8 Å². The number of ether oxygens (including phenoxy) is 1. The first-order valence-electron chi connectivity index (χ1n) is 11.1. The quantitative estimate of drug-likeness (QED) is 0.434. The van der Waals surface area contributed by atoms with Gasteiger partial charge in [0.15, 0.2) is 11.6 Å². The fraction of sp³-hybridized carbons (Fsp3) is 0.250. The molecule has 1 fully saturated rings. The van der Waals surface area contributed by atoms with Crippen LogP contribution in [0.5, 0.6) is 5.75 Å². The Hall–Kier alpha value is -4.25. The van der Waals surface area contributed by atoms with E-state index in [1.54, 1.807) is 30.6 Å². The first-order chi connectivity index (χ1) is 17.0. The number of rotatable bonds is 6. The zero-order chi connectivity index (χ0) is 24.4. The molecular weight excluding hydrogens is 451 g/mol. The van der Waals surface area contributed by atoms with Crippen molar-refractivity contribution < 1.29 is 14.2 Å². The van der Waals surface area contributed by atoms with Crippen LogP contribution in [0.2, 0.25) is 0 Å². The first-order valence-corrected chi connectivity index (χ1v) is 11.1. The van der Waals surface area contributed by atoms with Crippen LogP contribution in [0.4, 0.5) is 27.3 Å². The molecule has 0 saturated carbocycles. The molecule has 35 heavy (non-hydrogen) atoms. The number of phenols is 1. The molecule has 0 radical (unpaired) electrons. The molecule has 180 valence electrons. The van der Waals surface area contributed by atoms with E-state index in [0.29, 0.717) is 37.7 Å². The monoisotopic (exact) mass is 476 g/mol. The van der Waals surface area contributed by atoms with Gasteiger partial charge in [0, 0.05) is 56.9 Å². The second-order valence-corrected chi connectivity index (χ2v) is 8.28. The van der Waals surface area contributed by atoms with Gasteiger partial charge in [-0.15, -0.1) is 0 Å². The smallest absolute Gasteiger partial charge is 0.252 e. The summed E-state index contributed by atoms with van der Waals surface area (Å²) in [6, 6.07) is 10.8. The highest BCUT2D eigenvalue weighted by atomic mass is 19.1. The van der Waals surface area contributed by atoms with E-state index in [0.717, 1.165) is 23.3 Å². The molecule has 1 aliphatic heterocycles. The Labute approximate surface area is 201 Å². The summed E-state index contributed by atoms with van der Waals surface area (Å²) in [4.78, 5) is 16.8. The van der Waals surface area contributed by atoms with E-state index < -0.39 is 5.82 Å². The van der Waals surface area contributed by atoms with Gasteiger partial charge in [-0.05, 0) is 24.3 Å². The van der Waals surface area contributed by atoms with Crippen LogP contribution >= 0.6 is 0 Å². The minimum absolute atomic E-state index is 0.175. The van der Waals surface area contributed by atoms with E-state index >= 15 is 0 Å². The number of morpholine rings is 1. The molecule has 1 aliphatic rings. The number of aromatic hydroxyl groups is 1. The van der Waals surface area contributed by atoms with Crippen molar-refractivity contribution >= 4 is 22.9 Å². The number of nitrogens with zero attached hydrogens (tertiary/aromatic N) is 7. The fourth-order valence-electron chi connectivity index (χ4n) is 3.74. The fourth-order valence-corrected chi connectivity index (χ4v) is 3.74. The van der Waals surface area contributed by atoms with Gasteiger partial charge in [-0.3, -0.25) is 4.98 Å². The summed E-state index contributed by atoms with van der Waals surface area (Å²) in [6.45, 7) is 2.20. The zero-order valence-electron chi connectivity index (χ0n) is 19.4. The summed E-state index contributed by atoms with van der Waals surface area (Å²) in [6.07, 6.45) is 4.57. The van der Waals surface area contributed by atoms with Crippen molar-refractivity contribution in [2.45, 2.75) is 0 Å². The molecule has 3 aromatic heterocycles. The Balaban J connectivity index is 1.33. The summed E-state index contributed by atoms with van der Waals surface area (Å²) >= 11 is 0. The van der Waals surface area contributed by atoms with Crippen molar-refractivity contribution in [3.63, 3.8) is 0 Å². The highest BCUT2D eigenvalue weighted by Gasteiger charge is 2.19.